The third-order valence-corrected chi connectivity index (χ3v) is 2.83. The lowest BCUT2D eigenvalue weighted by atomic mass is 9.96. The summed E-state index contributed by atoms with van der Waals surface area (Å²) in [5.74, 6) is 0.368. The first-order chi connectivity index (χ1) is 7.62. The first-order valence-electron chi connectivity index (χ1n) is 5.58. The highest BCUT2D eigenvalue weighted by Crippen LogP contribution is 2.34. The van der Waals surface area contributed by atoms with E-state index in [4.69, 9.17) is 19.0 Å². The van der Waals surface area contributed by atoms with E-state index in [-0.39, 0.29) is 18.6 Å². The van der Waals surface area contributed by atoms with Gasteiger partial charge in [-0.1, -0.05) is 0 Å². The van der Waals surface area contributed by atoms with Gasteiger partial charge in [0, 0.05) is 12.5 Å². The van der Waals surface area contributed by atoms with E-state index in [1.807, 2.05) is 26.0 Å². The third-order valence-electron chi connectivity index (χ3n) is 2.83. The summed E-state index contributed by atoms with van der Waals surface area (Å²) in [7, 11) is 0. The minimum Gasteiger partial charge on any atom is -0.469 e. The number of furan rings is 1. The maximum absolute atomic E-state index is 9.09. The van der Waals surface area contributed by atoms with E-state index in [1.54, 1.807) is 6.26 Å². The summed E-state index contributed by atoms with van der Waals surface area (Å²) in [4.78, 5) is 0. The van der Waals surface area contributed by atoms with Gasteiger partial charge < -0.3 is 19.0 Å². The molecule has 4 heteroatoms. The van der Waals surface area contributed by atoms with Crippen LogP contribution in [-0.4, -0.2) is 30.2 Å². The van der Waals surface area contributed by atoms with E-state index >= 15 is 0 Å². The highest BCUT2D eigenvalue weighted by atomic mass is 16.7. The Kier molecular flexibility index (Phi) is 3.33. The van der Waals surface area contributed by atoms with Crippen molar-refractivity contribution in [3.63, 3.8) is 0 Å². The lowest BCUT2D eigenvalue weighted by molar-refractivity contribution is -0.141. The van der Waals surface area contributed by atoms with Crippen LogP contribution in [0.4, 0.5) is 0 Å². The van der Waals surface area contributed by atoms with Crippen LogP contribution in [0.5, 0.6) is 0 Å². The zero-order valence-corrected chi connectivity index (χ0v) is 9.68. The Morgan fingerprint density at radius 3 is 2.88 bits per heavy atom. The van der Waals surface area contributed by atoms with Gasteiger partial charge in [0.2, 0.25) is 0 Å². The van der Waals surface area contributed by atoms with Crippen LogP contribution in [0.1, 0.15) is 31.9 Å². The zero-order valence-electron chi connectivity index (χ0n) is 9.68. The van der Waals surface area contributed by atoms with E-state index in [9.17, 15) is 0 Å². The fraction of sp³-hybridized carbons (Fsp3) is 0.667. The van der Waals surface area contributed by atoms with Gasteiger partial charge >= 0.3 is 0 Å². The van der Waals surface area contributed by atoms with Crippen molar-refractivity contribution >= 4 is 0 Å². The molecule has 0 spiro atoms. The molecule has 0 radical (unpaired) electrons. The van der Waals surface area contributed by atoms with Gasteiger partial charge in [-0.2, -0.15) is 0 Å². The molecule has 16 heavy (non-hydrogen) atoms. The SMILES string of the molecule is CC1(C)OC[C@H]([C@@H](CCO)c2ccco2)O1. The monoisotopic (exact) mass is 226 g/mol. The van der Waals surface area contributed by atoms with Crippen LogP contribution in [0.25, 0.3) is 0 Å². The number of rotatable bonds is 4. The highest BCUT2D eigenvalue weighted by Gasteiger charge is 2.38. The molecule has 90 valence electrons. The smallest absolute Gasteiger partial charge is 0.163 e. The maximum Gasteiger partial charge on any atom is 0.163 e. The first-order valence-corrected chi connectivity index (χ1v) is 5.58. The van der Waals surface area contributed by atoms with E-state index in [1.165, 1.54) is 0 Å². The van der Waals surface area contributed by atoms with Gasteiger partial charge in [0.15, 0.2) is 5.79 Å². The second-order valence-electron chi connectivity index (χ2n) is 4.50. The van der Waals surface area contributed by atoms with E-state index in [2.05, 4.69) is 0 Å². The lowest BCUT2D eigenvalue weighted by Crippen LogP contribution is -2.26. The maximum atomic E-state index is 9.09. The van der Waals surface area contributed by atoms with Crippen LogP contribution in [0, 0.1) is 0 Å². The lowest BCUT2D eigenvalue weighted by Gasteiger charge is -2.22. The summed E-state index contributed by atoms with van der Waals surface area (Å²) >= 11 is 0. The summed E-state index contributed by atoms with van der Waals surface area (Å²) < 4.78 is 16.7. The van der Waals surface area contributed by atoms with Crippen molar-refractivity contribution in [3.8, 4) is 0 Å². The van der Waals surface area contributed by atoms with Gasteiger partial charge in [-0.05, 0) is 32.4 Å². The van der Waals surface area contributed by atoms with Crippen LogP contribution < -0.4 is 0 Å². The number of ether oxygens (including phenoxy) is 2. The molecular weight excluding hydrogens is 208 g/mol. The van der Waals surface area contributed by atoms with Gasteiger partial charge in [-0.25, -0.2) is 0 Å². The van der Waals surface area contributed by atoms with Gasteiger partial charge in [0.1, 0.15) is 5.76 Å². The Bertz CT molecular complexity index is 318. The van der Waals surface area contributed by atoms with Gasteiger partial charge in [-0.15, -0.1) is 0 Å². The van der Waals surface area contributed by atoms with Crippen LogP contribution in [-0.2, 0) is 9.47 Å². The molecular formula is C12H18O4. The highest BCUT2D eigenvalue weighted by molar-refractivity contribution is 5.08. The molecule has 2 atom stereocenters. The van der Waals surface area contributed by atoms with Crippen molar-refractivity contribution < 1.29 is 19.0 Å². The molecule has 0 amide bonds. The molecule has 0 saturated carbocycles. The Morgan fingerprint density at radius 1 is 1.56 bits per heavy atom. The van der Waals surface area contributed by atoms with Crippen molar-refractivity contribution in [1.82, 2.24) is 0 Å². The Balaban J connectivity index is 2.09. The standard InChI is InChI=1S/C12H18O4/c1-12(2)15-8-11(16-12)9(5-6-13)10-4-3-7-14-10/h3-4,7,9,11,13H,5-6,8H2,1-2H3/t9-,11+/m0/s1. The largest absolute Gasteiger partial charge is 0.469 e. The van der Waals surface area contributed by atoms with Crippen molar-refractivity contribution in [2.45, 2.75) is 38.1 Å². The summed E-state index contributed by atoms with van der Waals surface area (Å²) in [6.45, 7) is 4.44. The molecule has 1 aromatic rings. The molecule has 1 aliphatic heterocycles. The minimum atomic E-state index is -0.537. The van der Waals surface area contributed by atoms with Crippen LogP contribution in [0.2, 0.25) is 0 Å². The fourth-order valence-corrected chi connectivity index (χ4v) is 2.07. The second kappa shape index (κ2) is 4.57. The number of aliphatic hydroxyl groups is 1. The molecule has 1 N–H and O–H groups in total. The van der Waals surface area contributed by atoms with Gasteiger partial charge in [0.05, 0.1) is 19.0 Å². The van der Waals surface area contributed by atoms with Crippen molar-refractivity contribution in [2.24, 2.45) is 0 Å². The first kappa shape index (κ1) is 11.6. The molecule has 1 aromatic heterocycles. The molecule has 2 heterocycles. The van der Waals surface area contributed by atoms with Crippen molar-refractivity contribution in [2.75, 3.05) is 13.2 Å². The molecule has 1 fully saturated rings. The molecule has 0 bridgehead atoms. The Labute approximate surface area is 95.2 Å². The van der Waals surface area contributed by atoms with Gasteiger partial charge in [0.25, 0.3) is 0 Å². The molecule has 4 nitrogen and oxygen atoms in total. The van der Waals surface area contributed by atoms with E-state index < -0.39 is 5.79 Å². The summed E-state index contributed by atoms with van der Waals surface area (Å²) in [6, 6.07) is 3.76. The normalized spacial score (nSPS) is 25.8. The quantitative estimate of drug-likeness (QED) is 0.851. The fourth-order valence-electron chi connectivity index (χ4n) is 2.07. The Morgan fingerprint density at radius 2 is 2.38 bits per heavy atom. The second-order valence-corrected chi connectivity index (χ2v) is 4.50. The minimum absolute atomic E-state index is 0.0479. The predicted molar refractivity (Wildman–Crippen MR) is 58.1 cm³/mol. The summed E-state index contributed by atoms with van der Waals surface area (Å²) in [5.41, 5.74) is 0. The molecule has 0 unspecified atom stereocenters. The van der Waals surface area contributed by atoms with Crippen molar-refractivity contribution in [3.05, 3.63) is 24.2 Å². The van der Waals surface area contributed by atoms with Gasteiger partial charge in [-0.3, -0.25) is 0 Å². The Hall–Kier alpha value is -0.840. The molecule has 1 saturated heterocycles. The average Bonchev–Trinajstić information content (AvgIpc) is 2.83. The van der Waals surface area contributed by atoms with Crippen LogP contribution >= 0.6 is 0 Å². The molecule has 1 aliphatic rings. The van der Waals surface area contributed by atoms with E-state index in [0.29, 0.717) is 13.0 Å². The molecule has 0 aromatic carbocycles. The molecule has 0 aliphatic carbocycles. The predicted octanol–water partition coefficient (Wildman–Crippen LogP) is 1.90. The third kappa shape index (κ3) is 2.45. The summed E-state index contributed by atoms with van der Waals surface area (Å²) in [5, 5.41) is 9.09. The average molecular weight is 226 g/mol. The summed E-state index contributed by atoms with van der Waals surface area (Å²) in [6.07, 6.45) is 2.21. The number of aliphatic hydroxyl groups excluding tert-OH is 1. The van der Waals surface area contributed by atoms with Crippen molar-refractivity contribution in [1.29, 1.82) is 0 Å². The topological polar surface area (TPSA) is 51.8 Å². The number of hydrogen-bond donors (Lipinski definition) is 1. The van der Waals surface area contributed by atoms with Crippen LogP contribution in [0.15, 0.2) is 22.8 Å². The van der Waals surface area contributed by atoms with Crippen LogP contribution in [0.3, 0.4) is 0 Å². The van der Waals surface area contributed by atoms with E-state index in [0.717, 1.165) is 5.76 Å². The number of hydrogen-bond acceptors (Lipinski definition) is 4. The zero-order chi connectivity index (χ0) is 11.6. The molecule has 2 rings (SSSR count).